The lowest BCUT2D eigenvalue weighted by Crippen LogP contribution is -2.49. The molecule has 25 heavy (non-hydrogen) atoms. The predicted molar refractivity (Wildman–Crippen MR) is 91.1 cm³/mol. The van der Waals surface area contributed by atoms with Crippen LogP contribution in [0.5, 0.6) is 0 Å². The van der Waals surface area contributed by atoms with Gasteiger partial charge in [0.25, 0.3) is 12.3 Å². The monoisotopic (exact) mass is 368 g/mol. The van der Waals surface area contributed by atoms with E-state index >= 15 is 0 Å². The third kappa shape index (κ3) is 4.55. The lowest BCUT2D eigenvalue weighted by atomic mass is 10.2. The smallest absolute Gasteiger partial charge is 0.257 e. The first-order valence-corrected chi connectivity index (χ1v) is 8.46. The van der Waals surface area contributed by atoms with E-state index in [1.165, 1.54) is 6.20 Å². The molecule has 0 saturated carbocycles. The highest BCUT2D eigenvalue weighted by Gasteiger charge is 2.24. The number of hydrogen-bond acceptors (Lipinski definition) is 3. The fourth-order valence-corrected chi connectivity index (χ4v) is 3.07. The Morgan fingerprint density at radius 2 is 1.92 bits per heavy atom. The highest BCUT2D eigenvalue weighted by molar-refractivity contribution is 6.31. The number of aromatic nitrogens is 2. The minimum absolute atomic E-state index is 0.123. The molecule has 2 aromatic rings. The number of carbonyl (C=O) groups excluding carboxylic acids is 1. The van der Waals surface area contributed by atoms with Crippen LogP contribution in [-0.2, 0) is 6.54 Å². The van der Waals surface area contributed by atoms with Crippen molar-refractivity contribution in [1.82, 2.24) is 19.6 Å². The van der Waals surface area contributed by atoms with Crippen LogP contribution in [0.1, 0.15) is 15.9 Å². The third-order valence-corrected chi connectivity index (χ3v) is 4.59. The number of alkyl halides is 2. The number of carbonyl (C=O) groups is 1. The molecular weight excluding hydrogens is 350 g/mol. The van der Waals surface area contributed by atoms with Gasteiger partial charge in [0.2, 0.25) is 0 Å². The molecule has 8 heteroatoms. The first-order chi connectivity index (χ1) is 12.0. The van der Waals surface area contributed by atoms with E-state index in [9.17, 15) is 13.6 Å². The van der Waals surface area contributed by atoms with Gasteiger partial charge in [0, 0.05) is 37.4 Å². The summed E-state index contributed by atoms with van der Waals surface area (Å²) in [4.78, 5) is 15.9. The fourth-order valence-electron chi connectivity index (χ4n) is 2.87. The predicted octanol–water partition coefficient (Wildman–Crippen LogP) is 2.61. The van der Waals surface area contributed by atoms with Crippen molar-refractivity contribution < 1.29 is 13.6 Å². The van der Waals surface area contributed by atoms with Crippen LogP contribution in [0.3, 0.4) is 0 Å². The number of nitrogens with zero attached hydrogens (tertiary/aromatic N) is 4. The SMILES string of the molecule is O=C(c1cnn(Cc2ccccc2Cl)c1)N1CCN(CC(F)F)CC1. The van der Waals surface area contributed by atoms with Crippen molar-refractivity contribution in [3.05, 3.63) is 52.8 Å². The lowest BCUT2D eigenvalue weighted by molar-refractivity contribution is 0.0459. The number of rotatable bonds is 5. The Labute approximate surface area is 149 Å². The van der Waals surface area contributed by atoms with Gasteiger partial charge >= 0.3 is 0 Å². The highest BCUT2D eigenvalue weighted by Crippen LogP contribution is 2.16. The summed E-state index contributed by atoms with van der Waals surface area (Å²) in [5.74, 6) is -0.123. The summed E-state index contributed by atoms with van der Waals surface area (Å²) in [5, 5.41) is 4.88. The van der Waals surface area contributed by atoms with Gasteiger partial charge in [0.05, 0.1) is 24.8 Å². The zero-order chi connectivity index (χ0) is 17.8. The second kappa shape index (κ2) is 7.93. The first kappa shape index (κ1) is 17.8. The molecule has 1 saturated heterocycles. The van der Waals surface area contributed by atoms with Gasteiger partial charge < -0.3 is 4.90 Å². The Kier molecular flexibility index (Phi) is 5.65. The molecule has 3 rings (SSSR count). The van der Waals surface area contributed by atoms with Gasteiger partial charge in [-0.3, -0.25) is 14.4 Å². The van der Waals surface area contributed by atoms with E-state index in [0.717, 1.165) is 5.56 Å². The quantitative estimate of drug-likeness (QED) is 0.814. The maximum atomic E-state index is 12.5. The zero-order valence-corrected chi connectivity index (χ0v) is 14.4. The molecule has 0 aliphatic carbocycles. The van der Waals surface area contributed by atoms with Crippen LogP contribution < -0.4 is 0 Å². The topological polar surface area (TPSA) is 41.4 Å². The van der Waals surface area contributed by atoms with Crippen molar-refractivity contribution >= 4 is 17.5 Å². The molecule has 0 unspecified atom stereocenters. The number of piperazine rings is 1. The molecular formula is C17H19ClF2N4O. The Bertz CT molecular complexity index is 729. The van der Waals surface area contributed by atoms with Gasteiger partial charge in [-0.15, -0.1) is 0 Å². The molecule has 1 amide bonds. The molecule has 0 radical (unpaired) electrons. The molecule has 0 bridgehead atoms. The molecule has 1 fully saturated rings. The van der Waals surface area contributed by atoms with Gasteiger partial charge in [-0.2, -0.15) is 5.10 Å². The van der Waals surface area contributed by atoms with E-state index in [0.29, 0.717) is 43.3 Å². The Hall–Kier alpha value is -1.99. The molecule has 0 atom stereocenters. The summed E-state index contributed by atoms with van der Waals surface area (Å²) < 4.78 is 26.5. The molecule has 0 spiro atoms. The summed E-state index contributed by atoms with van der Waals surface area (Å²) in [6, 6.07) is 7.48. The molecule has 1 aliphatic heterocycles. The van der Waals surface area contributed by atoms with E-state index in [-0.39, 0.29) is 12.5 Å². The minimum atomic E-state index is -2.34. The first-order valence-electron chi connectivity index (χ1n) is 8.08. The average Bonchev–Trinajstić information content (AvgIpc) is 3.05. The second-order valence-corrected chi connectivity index (χ2v) is 6.41. The fraction of sp³-hybridized carbons (Fsp3) is 0.412. The Balaban J connectivity index is 1.59. The van der Waals surface area contributed by atoms with E-state index in [2.05, 4.69) is 5.10 Å². The summed E-state index contributed by atoms with van der Waals surface area (Å²) in [6.45, 7) is 2.06. The van der Waals surface area contributed by atoms with Crippen LogP contribution in [0, 0.1) is 0 Å². The van der Waals surface area contributed by atoms with E-state index in [4.69, 9.17) is 11.6 Å². The molecule has 5 nitrogen and oxygen atoms in total. The molecule has 1 aromatic carbocycles. The van der Waals surface area contributed by atoms with Crippen molar-refractivity contribution in [3.63, 3.8) is 0 Å². The second-order valence-electron chi connectivity index (χ2n) is 6.00. The summed E-state index contributed by atoms with van der Waals surface area (Å²) in [5.41, 5.74) is 1.42. The van der Waals surface area contributed by atoms with Crippen LogP contribution in [0.25, 0.3) is 0 Å². The van der Waals surface area contributed by atoms with Gasteiger partial charge in [-0.25, -0.2) is 8.78 Å². The van der Waals surface area contributed by atoms with Crippen molar-refractivity contribution in [2.24, 2.45) is 0 Å². The van der Waals surface area contributed by atoms with Crippen LogP contribution in [0.15, 0.2) is 36.7 Å². The van der Waals surface area contributed by atoms with Gasteiger partial charge in [-0.1, -0.05) is 29.8 Å². The maximum Gasteiger partial charge on any atom is 0.257 e. The molecule has 1 aromatic heterocycles. The summed E-state index contributed by atoms with van der Waals surface area (Å²) in [7, 11) is 0. The van der Waals surface area contributed by atoms with Gasteiger partial charge in [-0.05, 0) is 11.6 Å². The van der Waals surface area contributed by atoms with E-state index in [1.54, 1.807) is 20.7 Å². The standard InChI is InChI=1S/C17H19ClF2N4O/c18-15-4-2-1-3-13(15)10-24-11-14(9-21-24)17(25)23-7-5-22(6-8-23)12-16(19)20/h1-4,9,11,16H,5-8,10,12H2. The van der Waals surface area contributed by atoms with E-state index < -0.39 is 6.43 Å². The third-order valence-electron chi connectivity index (χ3n) is 4.23. The molecule has 0 N–H and O–H groups in total. The van der Waals surface area contributed by atoms with Crippen molar-refractivity contribution in [2.45, 2.75) is 13.0 Å². The lowest BCUT2D eigenvalue weighted by Gasteiger charge is -2.34. The number of benzene rings is 1. The van der Waals surface area contributed by atoms with Gasteiger partial charge in [0.15, 0.2) is 0 Å². The summed E-state index contributed by atoms with van der Waals surface area (Å²) >= 11 is 6.14. The van der Waals surface area contributed by atoms with Crippen LogP contribution in [-0.4, -0.2) is 64.6 Å². The molecule has 1 aliphatic rings. The maximum absolute atomic E-state index is 12.5. The van der Waals surface area contributed by atoms with Crippen LogP contribution in [0.2, 0.25) is 5.02 Å². The van der Waals surface area contributed by atoms with Crippen LogP contribution in [0.4, 0.5) is 8.78 Å². The largest absolute Gasteiger partial charge is 0.336 e. The van der Waals surface area contributed by atoms with E-state index in [1.807, 2.05) is 24.3 Å². The number of halogens is 3. The molecule has 2 heterocycles. The summed E-state index contributed by atoms with van der Waals surface area (Å²) in [6.07, 6.45) is 0.882. The molecule has 134 valence electrons. The van der Waals surface area contributed by atoms with Gasteiger partial charge in [0.1, 0.15) is 0 Å². The minimum Gasteiger partial charge on any atom is -0.336 e. The Morgan fingerprint density at radius 1 is 1.20 bits per heavy atom. The number of hydrogen-bond donors (Lipinski definition) is 0. The van der Waals surface area contributed by atoms with Crippen molar-refractivity contribution in [1.29, 1.82) is 0 Å². The zero-order valence-electron chi connectivity index (χ0n) is 13.6. The Morgan fingerprint density at radius 3 is 2.60 bits per heavy atom. The van der Waals surface area contributed by atoms with Crippen molar-refractivity contribution in [2.75, 3.05) is 32.7 Å². The number of amides is 1. The van der Waals surface area contributed by atoms with Crippen molar-refractivity contribution in [3.8, 4) is 0 Å². The highest BCUT2D eigenvalue weighted by atomic mass is 35.5. The normalized spacial score (nSPS) is 15.8. The average molecular weight is 369 g/mol. The van der Waals surface area contributed by atoms with Crippen LogP contribution >= 0.6 is 11.6 Å².